The number of aryl methyl sites for hydroxylation is 1. The maximum atomic E-state index is 5.38. The molecule has 1 N–H and O–H groups in total. The van der Waals surface area contributed by atoms with Gasteiger partial charge in [-0.15, -0.1) is 0 Å². The van der Waals surface area contributed by atoms with E-state index < -0.39 is 0 Å². The molecule has 0 bridgehead atoms. The number of methoxy groups -OCH3 is 2. The van der Waals surface area contributed by atoms with Crippen LogP contribution >= 0.6 is 0 Å². The van der Waals surface area contributed by atoms with E-state index in [-0.39, 0.29) is 0 Å². The van der Waals surface area contributed by atoms with Crippen molar-refractivity contribution in [2.75, 3.05) is 19.5 Å². The molecule has 19 heavy (non-hydrogen) atoms. The second-order valence-electron chi connectivity index (χ2n) is 4.40. The number of ether oxygens (including phenoxy) is 2. The van der Waals surface area contributed by atoms with E-state index in [0.717, 1.165) is 29.3 Å². The van der Waals surface area contributed by atoms with Crippen molar-refractivity contribution in [3.8, 4) is 11.5 Å². The fourth-order valence-corrected chi connectivity index (χ4v) is 1.87. The van der Waals surface area contributed by atoms with Crippen LogP contribution in [0.5, 0.6) is 11.5 Å². The summed E-state index contributed by atoms with van der Waals surface area (Å²) in [6, 6.07) is 14.2. The van der Waals surface area contributed by atoms with Gasteiger partial charge in [0.1, 0.15) is 11.5 Å². The zero-order valence-corrected chi connectivity index (χ0v) is 11.6. The first-order chi connectivity index (χ1) is 9.22. The van der Waals surface area contributed by atoms with Gasteiger partial charge in [-0.3, -0.25) is 0 Å². The van der Waals surface area contributed by atoms with Gasteiger partial charge in [0.15, 0.2) is 0 Å². The third kappa shape index (κ3) is 3.41. The predicted molar refractivity (Wildman–Crippen MR) is 78.1 cm³/mol. The number of benzene rings is 2. The molecule has 0 aliphatic heterocycles. The number of nitrogens with one attached hydrogen (secondary N) is 1. The van der Waals surface area contributed by atoms with Crippen LogP contribution < -0.4 is 14.8 Å². The van der Waals surface area contributed by atoms with Gasteiger partial charge in [-0.25, -0.2) is 0 Å². The Balaban J connectivity index is 2.08. The first-order valence-electron chi connectivity index (χ1n) is 6.24. The van der Waals surface area contributed by atoms with E-state index in [4.69, 9.17) is 9.47 Å². The molecule has 3 heteroatoms. The van der Waals surface area contributed by atoms with E-state index in [9.17, 15) is 0 Å². The molecule has 0 aliphatic rings. The van der Waals surface area contributed by atoms with Crippen LogP contribution in [0.15, 0.2) is 42.5 Å². The average molecular weight is 257 g/mol. The molecule has 0 aromatic heterocycles. The van der Waals surface area contributed by atoms with Crippen LogP contribution in [0.2, 0.25) is 0 Å². The molecule has 2 aromatic carbocycles. The van der Waals surface area contributed by atoms with Crippen molar-refractivity contribution in [2.45, 2.75) is 13.5 Å². The minimum absolute atomic E-state index is 0.718. The summed E-state index contributed by atoms with van der Waals surface area (Å²) < 4.78 is 10.6. The summed E-state index contributed by atoms with van der Waals surface area (Å²) in [7, 11) is 3.32. The first-order valence-corrected chi connectivity index (χ1v) is 6.24. The van der Waals surface area contributed by atoms with Gasteiger partial charge < -0.3 is 14.8 Å². The second-order valence-corrected chi connectivity index (χ2v) is 4.40. The third-order valence-electron chi connectivity index (χ3n) is 3.03. The molecule has 0 fully saturated rings. The van der Waals surface area contributed by atoms with Crippen LogP contribution in [0, 0.1) is 6.92 Å². The van der Waals surface area contributed by atoms with Crippen molar-refractivity contribution in [3.05, 3.63) is 53.6 Å². The van der Waals surface area contributed by atoms with E-state index in [1.54, 1.807) is 14.2 Å². The third-order valence-corrected chi connectivity index (χ3v) is 3.03. The summed E-state index contributed by atoms with van der Waals surface area (Å²) in [6.45, 7) is 2.80. The lowest BCUT2D eigenvalue weighted by atomic mass is 10.1. The highest BCUT2D eigenvalue weighted by atomic mass is 16.5. The van der Waals surface area contributed by atoms with Gasteiger partial charge in [-0.05, 0) is 31.2 Å². The zero-order chi connectivity index (χ0) is 13.7. The molecule has 0 unspecified atom stereocenters. The molecule has 100 valence electrons. The Bertz CT molecular complexity index is 535. The highest BCUT2D eigenvalue weighted by molar-refractivity contribution is 5.47. The molecule has 0 spiro atoms. The monoisotopic (exact) mass is 257 g/mol. The summed E-state index contributed by atoms with van der Waals surface area (Å²) in [4.78, 5) is 0. The molecule has 2 rings (SSSR count). The zero-order valence-electron chi connectivity index (χ0n) is 11.6. The average Bonchev–Trinajstić information content (AvgIpc) is 2.46. The number of hydrogen-bond donors (Lipinski definition) is 1. The minimum Gasteiger partial charge on any atom is -0.497 e. The molecule has 0 radical (unpaired) electrons. The SMILES string of the molecule is COc1ccc(CNc2ccc(C)cc2)c(OC)c1. The van der Waals surface area contributed by atoms with Crippen molar-refractivity contribution in [1.29, 1.82) is 0 Å². The number of rotatable bonds is 5. The van der Waals surface area contributed by atoms with E-state index in [1.807, 2.05) is 18.2 Å². The van der Waals surface area contributed by atoms with Gasteiger partial charge in [0.25, 0.3) is 0 Å². The normalized spacial score (nSPS) is 10.1. The van der Waals surface area contributed by atoms with Gasteiger partial charge >= 0.3 is 0 Å². The standard InChI is InChI=1S/C16H19NO2/c1-12-4-7-14(8-5-12)17-11-13-6-9-15(18-2)10-16(13)19-3/h4-10,17H,11H2,1-3H3. The Hall–Kier alpha value is -2.16. The lowest BCUT2D eigenvalue weighted by molar-refractivity contribution is 0.391. The molecule has 0 saturated heterocycles. The summed E-state index contributed by atoms with van der Waals surface area (Å²) in [5, 5.41) is 3.38. The van der Waals surface area contributed by atoms with Gasteiger partial charge in [0.2, 0.25) is 0 Å². The maximum Gasteiger partial charge on any atom is 0.127 e. The van der Waals surface area contributed by atoms with Gasteiger partial charge in [-0.2, -0.15) is 0 Å². The maximum absolute atomic E-state index is 5.38. The van der Waals surface area contributed by atoms with Crippen molar-refractivity contribution in [2.24, 2.45) is 0 Å². The second kappa shape index (κ2) is 6.14. The smallest absolute Gasteiger partial charge is 0.127 e. The van der Waals surface area contributed by atoms with Crippen LogP contribution in [0.25, 0.3) is 0 Å². The Labute approximate surface area is 114 Å². The van der Waals surface area contributed by atoms with Crippen molar-refractivity contribution >= 4 is 5.69 Å². The Kier molecular flexibility index (Phi) is 4.29. The molecule has 2 aromatic rings. The molecular formula is C16H19NO2. The quantitative estimate of drug-likeness (QED) is 0.887. The van der Waals surface area contributed by atoms with E-state index in [0.29, 0.717) is 0 Å². The molecule has 0 saturated carbocycles. The van der Waals surface area contributed by atoms with Crippen molar-refractivity contribution in [3.63, 3.8) is 0 Å². The Morgan fingerprint density at radius 3 is 2.32 bits per heavy atom. The molecule has 0 heterocycles. The molecule has 0 aliphatic carbocycles. The van der Waals surface area contributed by atoms with E-state index >= 15 is 0 Å². The van der Waals surface area contributed by atoms with Crippen LogP contribution in [-0.2, 0) is 6.54 Å². The molecule has 0 atom stereocenters. The van der Waals surface area contributed by atoms with Crippen LogP contribution in [0.4, 0.5) is 5.69 Å². The topological polar surface area (TPSA) is 30.5 Å². The Morgan fingerprint density at radius 2 is 1.68 bits per heavy atom. The number of anilines is 1. The summed E-state index contributed by atoms with van der Waals surface area (Å²) >= 11 is 0. The van der Waals surface area contributed by atoms with Crippen LogP contribution in [0.3, 0.4) is 0 Å². The van der Waals surface area contributed by atoms with Crippen molar-refractivity contribution in [1.82, 2.24) is 0 Å². The minimum atomic E-state index is 0.718. The lowest BCUT2D eigenvalue weighted by Crippen LogP contribution is -2.02. The lowest BCUT2D eigenvalue weighted by Gasteiger charge is -2.12. The first kappa shape index (κ1) is 13.3. The highest BCUT2D eigenvalue weighted by Gasteiger charge is 2.04. The molecule has 0 amide bonds. The van der Waals surface area contributed by atoms with Gasteiger partial charge in [-0.1, -0.05) is 17.7 Å². The summed E-state index contributed by atoms with van der Waals surface area (Å²) in [6.07, 6.45) is 0. The van der Waals surface area contributed by atoms with E-state index in [1.165, 1.54) is 5.56 Å². The fourth-order valence-electron chi connectivity index (χ4n) is 1.87. The van der Waals surface area contributed by atoms with Gasteiger partial charge in [0, 0.05) is 23.9 Å². The summed E-state index contributed by atoms with van der Waals surface area (Å²) in [5.41, 5.74) is 3.46. The predicted octanol–water partition coefficient (Wildman–Crippen LogP) is 3.62. The van der Waals surface area contributed by atoms with Crippen LogP contribution in [0.1, 0.15) is 11.1 Å². The largest absolute Gasteiger partial charge is 0.497 e. The van der Waals surface area contributed by atoms with Crippen molar-refractivity contribution < 1.29 is 9.47 Å². The molecular weight excluding hydrogens is 238 g/mol. The highest BCUT2D eigenvalue weighted by Crippen LogP contribution is 2.25. The Morgan fingerprint density at radius 1 is 0.947 bits per heavy atom. The van der Waals surface area contributed by atoms with Crippen LogP contribution in [-0.4, -0.2) is 14.2 Å². The fraction of sp³-hybridized carbons (Fsp3) is 0.250. The summed E-state index contributed by atoms with van der Waals surface area (Å²) in [5.74, 6) is 1.63. The van der Waals surface area contributed by atoms with Gasteiger partial charge in [0.05, 0.1) is 14.2 Å². The van der Waals surface area contributed by atoms with E-state index in [2.05, 4.69) is 36.5 Å². The number of hydrogen-bond acceptors (Lipinski definition) is 3. The molecule has 3 nitrogen and oxygen atoms in total.